The Kier molecular flexibility index (Phi) is 3.55. The second-order valence-electron chi connectivity index (χ2n) is 1.74. The molecule has 0 amide bonds. The third kappa shape index (κ3) is 2.46. The van der Waals surface area contributed by atoms with Gasteiger partial charge in [-0.2, -0.15) is 22.0 Å². The monoisotopic (exact) mass is 231 g/mol. The van der Waals surface area contributed by atoms with Gasteiger partial charge < -0.3 is 0 Å². The van der Waals surface area contributed by atoms with E-state index in [-0.39, 0.29) is 0 Å². The summed E-state index contributed by atoms with van der Waals surface area (Å²) >= 11 is 0. The van der Waals surface area contributed by atoms with Crippen LogP contribution in [0.3, 0.4) is 0 Å². The number of alkyl halides is 6. The lowest BCUT2D eigenvalue weighted by Gasteiger charge is -2.18. The molecule has 10 heteroatoms. The number of halogens is 6. The maximum Gasteiger partial charge on any atom is 0.511 e. The average molecular weight is 231 g/mol. The molecular formula is C3H3F6NO2S. The van der Waals surface area contributed by atoms with Crippen LogP contribution < -0.4 is 0 Å². The summed E-state index contributed by atoms with van der Waals surface area (Å²) in [5, 5.41) is 0. The van der Waals surface area contributed by atoms with Gasteiger partial charge in [-0.25, -0.2) is 12.8 Å². The van der Waals surface area contributed by atoms with Crippen molar-refractivity contribution in [1.29, 1.82) is 0 Å². The van der Waals surface area contributed by atoms with Crippen molar-refractivity contribution < 1.29 is 34.8 Å². The van der Waals surface area contributed by atoms with Crippen molar-refractivity contribution in [3.05, 3.63) is 0 Å². The van der Waals surface area contributed by atoms with Crippen LogP contribution in [0.1, 0.15) is 0 Å². The van der Waals surface area contributed by atoms with Crippen molar-refractivity contribution >= 4 is 10.0 Å². The molecule has 0 fully saturated rings. The highest BCUT2D eigenvalue weighted by Crippen LogP contribution is 2.28. The lowest BCUT2D eigenvalue weighted by atomic mass is 11.1. The Balaban J connectivity index is 5.03. The normalized spacial score (nSPS) is 14.2. The summed E-state index contributed by atoms with van der Waals surface area (Å²) in [7, 11) is -6.28. The zero-order valence-corrected chi connectivity index (χ0v) is 6.54. The van der Waals surface area contributed by atoms with E-state index in [1.807, 2.05) is 0 Å². The van der Waals surface area contributed by atoms with Gasteiger partial charge in [0, 0.05) is 0 Å². The van der Waals surface area contributed by atoms with Crippen LogP contribution in [0.15, 0.2) is 0 Å². The van der Waals surface area contributed by atoms with Crippen LogP contribution in [0.2, 0.25) is 0 Å². The lowest BCUT2D eigenvalue weighted by molar-refractivity contribution is -0.0647. The largest absolute Gasteiger partial charge is 0.511 e. The molecule has 0 aliphatic rings. The Hall–Kier alpha value is -0.510. The van der Waals surface area contributed by atoms with Crippen LogP contribution >= 0.6 is 0 Å². The smallest absolute Gasteiger partial charge is 0.233 e. The molecule has 0 N–H and O–H groups in total. The first-order valence-electron chi connectivity index (χ1n) is 2.57. The molecule has 0 saturated heterocycles. The Morgan fingerprint density at radius 2 is 1.62 bits per heavy atom. The zero-order valence-electron chi connectivity index (χ0n) is 5.72. The van der Waals surface area contributed by atoms with Gasteiger partial charge in [-0.05, 0) is 0 Å². The highest BCUT2D eigenvalue weighted by atomic mass is 32.2. The maximum atomic E-state index is 11.5. The molecule has 0 unspecified atom stereocenters. The van der Waals surface area contributed by atoms with Gasteiger partial charge in [-0.3, -0.25) is 0 Å². The maximum absolute atomic E-state index is 11.5. The molecule has 0 aliphatic heterocycles. The van der Waals surface area contributed by atoms with Gasteiger partial charge in [-0.1, -0.05) is 0 Å². The van der Waals surface area contributed by atoms with Crippen LogP contribution in [0.5, 0.6) is 0 Å². The van der Waals surface area contributed by atoms with E-state index >= 15 is 0 Å². The predicted octanol–water partition coefficient (Wildman–Crippen LogP) is 1.29. The standard InChI is InChI=1S/C3H3F6NO2S/c4-1-10(2(5)6)13(11,12)3(7,8)9/h2H,1H2. The highest BCUT2D eigenvalue weighted by Gasteiger charge is 2.52. The van der Waals surface area contributed by atoms with E-state index in [9.17, 15) is 34.8 Å². The lowest BCUT2D eigenvalue weighted by Crippen LogP contribution is -2.43. The summed E-state index contributed by atoms with van der Waals surface area (Å²) in [5.41, 5.74) is -5.92. The summed E-state index contributed by atoms with van der Waals surface area (Å²) in [6.45, 7) is -6.49. The number of hydrogen-bond acceptors (Lipinski definition) is 2. The molecule has 0 aromatic carbocycles. The van der Waals surface area contributed by atoms with Gasteiger partial charge in [0.1, 0.15) is 0 Å². The number of rotatable bonds is 3. The topological polar surface area (TPSA) is 37.4 Å². The molecule has 0 spiro atoms. The van der Waals surface area contributed by atoms with E-state index in [0.29, 0.717) is 0 Å². The quantitative estimate of drug-likeness (QED) is 0.542. The Bertz CT molecular complexity index is 258. The van der Waals surface area contributed by atoms with Crippen LogP contribution in [0, 0.1) is 0 Å². The third-order valence-corrected chi connectivity index (χ3v) is 2.40. The van der Waals surface area contributed by atoms with Crippen molar-refractivity contribution in [3.63, 3.8) is 0 Å². The van der Waals surface area contributed by atoms with Crippen LogP contribution in [0.4, 0.5) is 26.3 Å². The minimum Gasteiger partial charge on any atom is -0.233 e. The molecule has 3 nitrogen and oxygen atoms in total. The Morgan fingerprint density at radius 1 is 1.23 bits per heavy atom. The number of sulfonamides is 1. The second-order valence-corrected chi connectivity index (χ2v) is 3.62. The van der Waals surface area contributed by atoms with E-state index in [2.05, 4.69) is 0 Å². The summed E-state index contributed by atoms with van der Waals surface area (Å²) in [6, 6.07) is 0. The molecule has 0 atom stereocenters. The fourth-order valence-electron chi connectivity index (χ4n) is 0.354. The molecule has 0 rings (SSSR count). The Labute approximate surface area is 69.0 Å². The van der Waals surface area contributed by atoms with Crippen molar-refractivity contribution in [3.8, 4) is 0 Å². The summed E-state index contributed by atoms with van der Waals surface area (Å²) in [5.74, 6) is 0. The molecule has 0 heterocycles. The fourth-order valence-corrected chi connectivity index (χ4v) is 0.958. The average Bonchev–Trinajstić information content (AvgIpc) is 1.83. The molecule has 0 radical (unpaired) electrons. The predicted molar refractivity (Wildman–Crippen MR) is 28.8 cm³/mol. The van der Waals surface area contributed by atoms with E-state index in [4.69, 9.17) is 0 Å². The van der Waals surface area contributed by atoms with Crippen LogP contribution in [0.25, 0.3) is 0 Å². The molecule has 13 heavy (non-hydrogen) atoms. The van der Waals surface area contributed by atoms with Crippen molar-refractivity contribution in [2.24, 2.45) is 0 Å². The summed E-state index contributed by atoms with van der Waals surface area (Å²) < 4.78 is 87.7. The first-order chi connectivity index (χ1) is 5.64. The van der Waals surface area contributed by atoms with Gasteiger partial charge in [0.25, 0.3) is 0 Å². The van der Waals surface area contributed by atoms with E-state index < -0.39 is 33.2 Å². The third-order valence-electron chi connectivity index (χ3n) is 0.937. The van der Waals surface area contributed by atoms with E-state index in [1.54, 1.807) is 0 Å². The second kappa shape index (κ2) is 3.70. The van der Waals surface area contributed by atoms with Crippen molar-refractivity contribution in [2.45, 2.75) is 12.1 Å². The number of hydrogen-bond donors (Lipinski definition) is 0. The molecule has 0 aliphatic carbocycles. The molecule has 0 saturated carbocycles. The van der Waals surface area contributed by atoms with E-state index in [1.165, 1.54) is 0 Å². The fraction of sp³-hybridized carbons (Fsp3) is 1.00. The van der Waals surface area contributed by atoms with Gasteiger partial charge in [0.05, 0.1) is 0 Å². The first kappa shape index (κ1) is 12.5. The number of nitrogens with zero attached hydrogens (tertiary/aromatic N) is 1. The van der Waals surface area contributed by atoms with Crippen LogP contribution in [-0.4, -0.2) is 31.6 Å². The zero-order chi connectivity index (χ0) is 10.9. The first-order valence-corrected chi connectivity index (χ1v) is 4.01. The molecular weight excluding hydrogens is 228 g/mol. The molecule has 0 bridgehead atoms. The SMILES string of the molecule is O=S(=O)(N(CF)C(F)F)C(F)(F)F. The van der Waals surface area contributed by atoms with Gasteiger partial charge in [-0.15, -0.1) is 4.31 Å². The van der Waals surface area contributed by atoms with Gasteiger partial charge in [0.2, 0.25) is 0 Å². The minimum absolute atomic E-state index is 1.59. The van der Waals surface area contributed by atoms with Crippen LogP contribution in [-0.2, 0) is 10.0 Å². The van der Waals surface area contributed by atoms with Crippen molar-refractivity contribution in [2.75, 3.05) is 6.80 Å². The van der Waals surface area contributed by atoms with E-state index in [0.717, 1.165) is 0 Å². The molecule has 80 valence electrons. The molecule has 0 aromatic rings. The van der Waals surface area contributed by atoms with Crippen molar-refractivity contribution in [1.82, 2.24) is 4.31 Å². The Morgan fingerprint density at radius 3 is 1.69 bits per heavy atom. The minimum atomic E-state index is -6.28. The highest BCUT2D eigenvalue weighted by molar-refractivity contribution is 7.90. The van der Waals surface area contributed by atoms with Gasteiger partial charge in [0.15, 0.2) is 6.80 Å². The molecule has 0 aromatic heterocycles. The summed E-state index contributed by atoms with van der Waals surface area (Å²) in [6.07, 6.45) is 0. The summed E-state index contributed by atoms with van der Waals surface area (Å²) in [4.78, 5) is 0. The van der Waals surface area contributed by atoms with Gasteiger partial charge >= 0.3 is 22.1 Å².